The highest BCUT2D eigenvalue weighted by Crippen LogP contribution is 2.45. The van der Waals surface area contributed by atoms with Crippen LogP contribution in [0.1, 0.15) is 471 Å². The van der Waals surface area contributed by atoms with E-state index in [1.807, 2.05) is 0 Å². The molecule has 0 aromatic heterocycles. The van der Waals surface area contributed by atoms with Gasteiger partial charge in [0.15, 0.2) is 12.2 Å². The van der Waals surface area contributed by atoms with Gasteiger partial charge in [0.25, 0.3) is 0 Å². The molecule has 630 valence electrons. The average Bonchev–Trinajstić information content (AvgIpc) is 0.903. The number of hydrogen-bond donors (Lipinski definition) is 3. The minimum atomic E-state index is -4.97. The van der Waals surface area contributed by atoms with Gasteiger partial charge in [0, 0.05) is 25.7 Å². The third-order valence-corrected chi connectivity index (χ3v) is 22.4. The van der Waals surface area contributed by atoms with Gasteiger partial charge in [0.05, 0.1) is 26.4 Å². The van der Waals surface area contributed by atoms with E-state index in [2.05, 4.69) is 34.6 Å². The quantitative estimate of drug-likeness (QED) is 0.0222. The lowest BCUT2D eigenvalue weighted by atomic mass is 10.0. The van der Waals surface area contributed by atoms with Crippen LogP contribution in [0.15, 0.2) is 0 Å². The molecule has 17 nitrogen and oxygen atoms in total. The minimum absolute atomic E-state index is 0.107. The molecule has 0 heterocycles. The second kappa shape index (κ2) is 79.7. The van der Waals surface area contributed by atoms with Gasteiger partial charge < -0.3 is 33.8 Å². The minimum Gasteiger partial charge on any atom is -0.462 e. The van der Waals surface area contributed by atoms with Crippen LogP contribution < -0.4 is 0 Å². The molecule has 0 spiro atoms. The Morgan fingerprint density at radius 2 is 0.434 bits per heavy atom. The van der Waals surface area contributed by atoms with Gasteiger partial charge in [-0.15, -0.1) is 0 Å². The summed E-state index contributed by atoms with van der Waals surface area (Å²) in [6, 6.07) is 0. The Hall–Kier alpha value is -1.94. The monoisotopic (exact) mass is 1550 g/mol. The van der Waals surface area contributed by atoms with Gasteiger partial charge in [-0.05, 0) is 31.6 Å². The first-order valence-corrected chi connectivity index (χ1v) is 48.1. The van der Waals surface area contributed by atoms with Crippen molar-refractivity contribution in [1.29, 1.82) is 0 Å². The molecule has 0 aliphatic heterocycles. The summed E-state index contributed by atoms with van der Waals surface area (Å²) >= 11 is 0. The van der Waals surface area contributed by atoms with Gasteiger partial charge in [-0.3, -0.25) is 37.3 Å². The number of rotatable bonds is 87. The van der Waals surface area contributed by atoms with Crippen LogP contribution in [0.5, 0.6) is 0 Å². The maximum absolute atomic E-state index is 13.2. The maximum atomic E-state index is 13.2. The summed E-state index contributed by atoms with van der Waals surface area (Å²) in [5, 5.41) is 10.7. The number of carbonyl (C=O) groups is 4. The number of phosphoric acid groups is 2. The van der Waals surface area contributed by atoms with E-state index in [0.717, 1.165) is 95.8 Å². The molecule has 0 aromatic rings. The Morgan fingerprint density at radius 1 is 0.255 bits per heavy atom. The number of aliphatic hydroxyl groups excluding tert-OH is 1. The van der Waals surface area contributed by atoms with Crippen molar-refractivity contribution in [3.05, 3.63) is 0 Å². The van der Waals surface area contributed by atoms with E-state index in [4.69, 9.17) is 37.0 Å². The van der Waals surface area contributed by atoms with E-state index in [9.17, 15) is 43.2 Å². The van der Waals surface area contributed by atoms with Gasteiger partial charge in [-0.2, -0.15) is 0 Å². The van der Waals surface area contributed by atoms with Gasteiger partial charge >= 0.3 is 39.5 Å². The average molecular weight is 1550 g/mol. The predicted molar refractivity (Wildman–Crippen MR) is 437 cm³/mol. The zero-order valence-electron chi connectivity index (χ0n) is 69.6. The second-order valence-electron chi connectivity index (χ2n) is 31.8. The van der Waals surface area contributed by atoms with Crippen molar-refractivity contribution in [2.45, 2.75) is 490 Å². The molecule has 0 fully saturated rings. The van der Waals surface area contributed by atoms with Crippen molar-refractivity contribution in [3.8, 4) is 0 Å². The summed E-state index contributed by atoms with van der Waals surface area (Å²) in [6.45, 7) is 7.36. The number of aliphatic hydroxyl groups is 1. The first kappa shape index (κ1) is 104. The Labute approximate surface area is 651 Å². The molecule has 0 aromatic carbocycles. The van der Waals surface area contributed by atoms with E-state index < -0.39 is 97.5 Å². The van der Waals surface area contributed by atoms with Crippen LogP contribution >= 0.6 is 15.6 Å². The molecule has 0 radical (unpaired) electrons. The van der Waals surface area contributed by atoms with Crippen molar-refractivity contribution in [3.63, 3.8) is 0 Å². The smallest absolute Gasteiger partial charge is 0.462 e. The number of unbranched alkanes of at least 4 members (excludes halogenated alkanes) is 59. The molecule has 106 heavy (non-hydrogen) atoms. The number of phosphoric ester groups is 2. The first-order chi connectivity index (χ1) is 51.5. The van der Waals surface area contributed by atoms with Crippen LogP contribution in [0.4, 0.5) is 0 Å². The molecule has 0 rings (SSSR count). The molecule has 0 saturated heterocycles. The van der Waals surface area contributed by atoms with Crippen LogP contribution in [-0.4, -0.2) is 96.7 Å². The summed E-state index contributed by atoms with van der Waals surface area (Å²) in [4.78, 5) is 73.2. The summed E-state index contributed by atoms with van der Waals surface area (Å²) < 4.78 is 68.9. The highest BCUT2D eigenvalue weighted by Gasteiger charge is 2.30. The number of ether oxygens (including phenoxy) is 4. The molecule has 2 unspecified atom stereocenters. The molecular weight excluding hydrogens is 1380 g/mol. The van der Waals surface area contributed by atoms with E-state index in [0.29, 0.717) is 25.7 Å². The molecule has 0 aliphatic rings. The highest BCUT2D eigenvalue weighted by atomic mass is 31.2. The van der Waals surface area contributed by atoms with Crippen LogP contribution in [0.25, 0.3) is 0 Å². The maximum Gasteiger partial charge on any atom is 0.472 e. The normalized spacial score (nSPS) is 13.7. The molecule has 0 aliphatic carbocycles. The second-order valence-corrected chi connectivity index (χ2v) is 34.7. The fourth-order valence-electron chi connectivity index (χ4n) is 13.6. The van der Waals surface area contributed by atoms with Crippen molar-refractivity contribution in [1.82, 2.24) is 0 Å². The number of esters is 4. The van der Waals surface area contributed by atoms with E-state index in [1.54, 1.807) is 0 Å². The van der Waals surface area contributed by atoms with Crippen LogP contribution in [0.3, 0.4) is 0 Å². The van der Waals surface area contributed by atoms with Crippen molar-refractivity contribution in [2.75, 3.05) is 39.6 Å². The van der Waals surface area contributed by atoms with Crippen molar-refractivity contribution < 1.29 is 80.2 Å². The summed E-state index contributed by atoms with van der Waals surface area (Å²) in [5.41, 5.74) is 0. The van der Waals surface area contributed by atoms with Crippen molar-refractivity contribution >= 4 is 39.5 Å². The molecule has 0 bridgehead atoms. The number of hydrogen-bond acceptors (Lipinski definition) is 15. The van der Waals surface area contributed by atoms with Gasteiger partial charge in [-0.25, -0.2) is 9.13 Å². The summed E-state index contributed by atoms with van der Waals surface area (Å²) in [6.07, 6.45) is 73.7. The topological polar surface area (TPSA) is 237 Å². The third kappa shape index (κ3) is 80.1. The van der Waals surface area contributed by atoms with Gasteiger partial charge in [0.1, 0.15) is 19.3 Å². The fraction of sp³-hybridized carbons (Fsp3) is 0.954. The Morgan fingerprint density at radius 3 is 0.642 bits per heavy atom. The van der Waals surface area contributed by atoms with Gasteiger partial charge in [0.2, 0.25) is 0 Å². The fourth-order valence-corrected chi connectivity index (χ4v) is 15.2. The van der Waals surface area contributed by atoms with Crippen LogP contribution in [0.2, 0.25) is 0 Å². The Bertz CT molecular complexity index is 2010. The zero-order valence-corrected chi connectivity index (χ0v) is 71.4. The molecule has 0 saturated carbocycles. The zero-order chi connectivity index (χ0) is 77.6. The molecule has 5 atom stereocenters. The molecule has 0 amide bonds. The summed E-state index contributed by atoms with van der Waals surface area (Å²) in [7, 11) is -9.93. The van der Waals surface area contributed by atoms with Crippen LogP contribution in [-0.2, 0) is 65.4 Å². The Kier molecular flexibility index (Phi) is 78.2. The number of carbonyl (C=O) groups excluding carboxylic acids is 4. The first-order valence-electron chi connectivity index (χ1n) is 45.1. The van der Waals surface area contributed by atoms with Gasteiger partial charge in [-0.1, -0.05) is 420 Å². The highest BCUT2D eigenvalue weighted by molar-refractivity contribution is 7.47. The van der Waals surface area contributed by atoms with E-state index in [-0.39, 0.29) is 25.7 Å². The van der Waals surface area contributed by atoms with Crippen molar-refractivity contribution in [2.24, 2.45) is 5.92 Å². The third-order valence-electron chi connectivity index (χ3n) is 20.5. The van der Waals surface area contributed by atoms with Crippen LogP contribution in [0, 0.1) is 5.92 Å². The summed E-state index contributed by atoms with van der Waals surface area (Å²) in [5.74, 6) is -1.33. The van der Waals surface area contributed by atoms with E-state index in [1.165, 1.54) is 295 Å². The SMILES string of the molecule is CCCCCCCCCCCCCCCCCCCCCCCCC(=O)O[C@H](COC(=O)CCCCCCCCCCCCCCCCCCCCC)COP(=O)(O)OC[C@@H](O)COP(=O)(O)OC[C@@H](COC(=O)CCCCCCCCCCCCC)OC(=O)CCCCCCCCCCCCCC(C)C. The Balaban J connectivity index is 5.22. The largest absolute Gasteiger partial charge is 0.472 e. The molecule has 3 N–H and O–H groups in total. The standard InChI is InChI=1S/C87H170O17P2/c1-6-9-12-15-18-21-24-26-28-30-32-33-34-36-38-40-42-47-52-57-62-67-72-86(91)103-83(77-98-85(90)71-66-61-56-51-46-41-39-37-35-31-29-27-25-22-19-16-13-10-7-2)79-102-106(95,96)100-75-81(88)74-99-105(93,94)101-78-82(76-97-84(89)70-65-60-55-50-44-23-20-17-14-11-8-3)104-87(92)73-68-63-58-53-48-43-45-49-54-59-64-69-80(4)5/h80-83,88H,6-79H2,1-5H3,(H,93,94)(H,95,96)/t81-,82+,83+/m0/s1. The van der Waals surface area contributed by atoms with E-state index >= 15 is 0 Å². The lowest BCUT2D eigenvalue weighted by Gasteiger charge is -2.21. The molecule has 19 heteroatoms. The molecular formula is C87H170O17P2. The predicted octanol–water partition coefficient (Wildman–Crippen LogP) is 26.8. The lowest BCUT2D eigenvalue weighted by Crippen LogP contribution is -2.30. The lowest BCUT2D eigenvalue weighted by molar-refractivity contribution is -0.161.